The van der Waals surface area contributed by atoms with Gasteiger partial charge in [0.05, 0.1) is 4.92 Å². The quantitative estimate of drug-likeness (QED) is 0.632. The summed E-state index contributed by atoms with van der Waals surface area (Å²) in [5.74, 6) is -0.00646. The second-order valence-corrected chi connectivity index (χ2v) is 4.84. The van der Waals surface area contributed by atoms with Crippen LogP contribution in [0.25, 0.3) is 0 Å². The molecule has 0 aliphatic rings. The molecule has 17 heavy (non-hydrogen) atoms. The summed E-state index contributed by atoms with van der Waals surface area (Å²) >= 11 is 0. The number of aromatic hydroxyl groups is 1. The zero-order chi connectivity index (χ0) is 12.5. The van der Waals surface area contributed by atoms with E-state index in [0.717, 1.165) is 0 Å². The molecule has 0 unspecified atom stereocenters. The van der Waals surface area contributed by atoms with E-state index < -0.39 is 11.0 Å². The van der Waals surface area contributed by atoms with E-state index in [-0.39, 0.29) is 29.3 Å². The van der Waals surface area contributed by atoms with Crippen LogP contribution in [0.15, 0.2) is 18.2 Å². The van der Waals surface area contributed by atoms with Gasteiger partial charge in [-0.2, -0.15) is 0 Å². The Bertz CT molecular complexity index is 416. The minimum absolute atomic E-state index is 0. The molecule has 0 saturated heterocycles. The summed E-state index contributed by atoms with van der Waals surface area (Å²) in [6.07, 6.45) is 0. The number of phenols is 1. The Morgan fingerprint density at radius 2 is 1.94 bits per heavy atom. The minimum atomic E-state index is -0.502. The summed E-state index contributed by atoms with van der Waals surface area (Å²) in [5.41, 5.74) is 6.03. The fourth-order valence-electron chi connectivity index (χ4n) is 1.37. The maximum absolute atomic E-state index is 10.6. The van der Waals surface area contributed by atoms with Crippen LogP contribution in [0.4, 0.5) is 5.69 Å². The molecule has 1 rings (SSSR count). The summed E-state index contributed by atoms with van der Waals surface area (Å²) in [7, 11) is 0. The molecule has 0 amide bonds. The average molecular weight is 261 g/mol. The van der Waals surface area contributed by atoms with Crippen molar-refractivity contribution in [3.8, 4) is 5.75 Å². The highest BCUT2D eigenvalue weighted by Gasteiger charge is 2.26. The van der Waals surface area contributed by atoms with Gasteiger partial charge in [-0.25, -0.2) is 0 Å². The standard InChI is InChI=1S/C11H16N2O3.ClH/c1-11(2,3)10(12)8-6-7(13(15)16)4-5-9(8)14;/h4-6,10,14H,12H2,1-3H3;1H/t10-;/m0./s1. The third-order valence-electron chi connectivity index (χ3n) is 2.49. The fourth-order valence-corrected chi connectivity index (χ4v) is 1.37. The first-order chi connectivity index (χ1) is 7.23. The van der Waals surface area contributed by atoms with Crippen molar-refractivity contribution in [1.29, 1.82) is 0 Å². The summed E-state index contributed by atoms with van der Waals surface area (Å²) in [4.78, 5) is 10.1. The lowest BCUT2D eigenvalue weighted by molar-refractivity contribution is -0.385. The normalized spacial score (nSPS) is 12.7. The number of non-ortho nitro benzene ring substituents is 1. The molecule has 0 radical (unpaired) electrons. The molecule has 5 nitrogen and oxygen atoms in total. The lowest BCUT2D eigenvalue weighted by Crippen LogP contribution is -2.26. The topological polar surface area (TPSA) is 89.4 Å². The van der Waals surface area contributed by atoms with E-state index in [1.165, 1.54) is 18.2 Å². The lowest BCUT2D eigenvalue weighted by atomic mass is 9.82. The minimum Gasteiger partial charge on any atom is -0.508 e. The molecule has 0 fully saturated rings. The van der Waals surface area contributed by atoms with E-state index in [2.05, 4.69) is 0 Å². The number of nitro benzene ring substituents is 1. The van der Waals surface area contributed by atoms with Gasteiger partial charge in [0.15, 0.2) is 0 Å². The number of nitro groups is 1. The SMILES string of the molecule is CC(C)(C)[C@@H](N)c1cc([N+](=O)[O-])ccc1O.Cl. The molecule has 0 bridgehead atoms. The first kappa shape index (κ1) is 15.7. The van der Waals surface area contributed by atoms with E-state index in [1.807, 2.05) is 20.8 Å². The third kappa shape index (κ3) is 3.57. The Labute approximate surface area is 106 Å². The van der Waals surface area contributed by atoms with Crippen molar-refractivity contribution in [2.24, 2.45) is 11.1 Å². The Morgan fingerprint density at radius 3 is 2.35 bits per heavy atom. The molecule has 0 spiro atoms. The van der Waals surface area contributed by atoms with Crippen LogP contribution in [0.1, 0.15) is 32.4 Å². The summed E-state index contributed by atoms with van der Waals surface area (Å²) < 4.78 is 0. The van der Waals surface area contributed by atoms with Gasteiger partial charge in [0.25, 0.3) is 5.69 Å². The van der Waals surface area contributed by atoms with Crippen molar-refractivity contribution in [1.82, 2.24) is 0 Å². The van der Waals surface area contributed by atoms with Crippen LogP contribution < -0.4 is 5.73 Å². The van der Waals surface area contributed by atoms with Gasteiger partial charge in [-0.05, 0) is 11.5 Å². The molecule has 96 valence electrons. The van der Waals surface area contributed by atoms with E-state index in [0.29, 0.717) is 5.56 Å². The molecule has 0 heterocycles. The average Bonchev–Trinajstić information content (AvgIpc) is 2.15. The zero-order valence-corrected chi connectivity index (χ0v) is 10.8. The maximum atomic E-state index is 10.6. The number of phenolic OH excluding ortho intramolecular Hbond substituents is 1. The molecule has 1 aromatic rings. The van der Waals surface area contributed by atoms with E-state index in [1.54, 1.807) is 0 Å². The second kappa shape index (κ2) is 5.33. The summed E-state index contributed by atoms with van der Waals surface area (Å²) in [6.45, 7) is 5.74. The van der Waals surface area contributed by atoms with E-state index in [9.17, 15) is 15.2 Å². The largest absolute Gasteiger partial charge is 0.508 e. The summed E-state index contributed by atoms with van der Waals surface area (Å²) in [5, 5.41) is 20.3. The number of rotatable bonds is 2. The van der Waals surface area contributed by atoms with Crippen molar-refractivity contribution in [2.45, 2.75) is 26.8 Å². The van der Waals surface area contributed by atoms with Crippen molar-refractivity contribution in [3.63, 3.8) is 0 Å². The molecule has 0 saturated carbocycles. The Balaban J connectivity index is 0.00000256. The van der Waals surface area contributed by atoms with Crippen molar-refractivity contribution in [2.75, 3.05) is 0 Å². The number of nitrogens with zero attached hydrogens (tertiary/aromatic N) is 1. The van der Waals surface area contributed by atoms with Gasteiger partial charge >= 0.3 is 0 Å². The predicted molar refractivity (Wildman–Crippen MR) is 68.4 cm³/mol. The van der Waals surface area contributed by atoms with Gasteiger partial charge in [-0.1, -0.05) is 20.8 Å². The smallest absolute Gasteiger partial charge is 0.270 e. The highest BCUT2D eigenvalue weighted by molar-refractivity contribution is 5.85. The van der Waals surface area contributed by atoms with Crippen LogP contribution in [0, 0.1) is 15.5 Å². The second-order valence-electron chi connectivity index (χ2n) is 4.84. The van der Waals surface area contributed by atoms with Gasteiger partial charge in [0.2, 0.25) is 0 Å². The van der Waals surface area contributed by atoms with Crippen molar-refractivity contribution >= 4 is 18.1 Å². The molecule has 1 atom stereocenters. The van der Waals surface area contributed by atoms with Gasteiger partial charge in [0.1, 0.15) is 5.75 Å². The molecule has 6 heteroatoms. The number of hydrogen-bond acceptors (Lipinski definition) is 4. The molecule has 0 aliphatic carbocycles. The predicted octanol–water partition coefficient (Wildman–Crippen LogP) is 2.77. The van der Waals surface area contributed by atoms with Gasteiger partial charge < -0.3 is 10.8 Å². The number of halogens is 1. The van der Waals surface area contributed by atoms with Crippen LogP contribution >= 0.6 is 12.4 Å². The number of hydrogen-bond donors (Lipinski definition) is 2. The first-order valence-corrected chi connectivity index (χ1v) is 4.96. The molecule has 1 aromatic carbocycles. The zero-order valence-electron chi connectivity index (χ0n) is 10.0. The fraction of sp³-hybridized carbons (Fsp3) is 0.455. The highest BCUT2D eigenvalue weighted by atomic mass is 35.5. The summed E-state index contributed by atoms with van der Waals surface area (Å²) in [6, 6.07) is 3.44. The molecule has 0 aliphatic heterocycles. The molecular formula is C11H17ClN2O3. The van der Waals surface area contributed by atoms with Gasteiger partial charge in [0, 0.05) is 23.7 Å². The van der Waals surface area contributed by atoms with Crippen molar-refractivity contribution in [3.05, 3.63) is 33.9 Å². The monoisotopic (exact) mass is 260 g/mol. The van der Waals surface area contributed by atoms with E-state index >= 15 is 0 Å². The number of nitrogens with two attached hydrogens (primary N) is 1. The first-order valence-electron chi connectivity index (χ1n) is 4.96. The van der Waals surface area contributed by atoms with Crippen LogP contribution in [0.3, 0.4) is 0 Å². The Hall–Kier alpha value is -1.33. The van der Waals surface area contributed by atoms with Crippen LogP contribution in [0.2, 0.25) is 0 Å². The highest BCUT2D eigenvalue weighted by Crippen LogP contribution is 2.36. The Morgan fingerprint density at radius 1 is 1.41 bits per heavy atom. The van der Waals surface area contributed by atoms with Crippen LogP contribution in [0.5, 0.6) is 5.75 Å². The number of benzene rings is 1. The molecular weight excluding hydrogens is 244 g/mol. The van der Waals surface area contributed by atoms with Gasteiger partial charge in [-0.15, -0.1) is 12.4 Å². The lowest BCUT2D eigenvalue weighted by Gasteiger charge is -2.27. The van der Waals surface area contributed by atoms with Crippen LogP contribution in [-0.4, -0.2) is 10.0 Å². The van der Waals surface area contributed by atoms with Crippen molar-refractivity contribution < 1.29 is 10.0 Å². The Kier molecular flexibility index (Phi) is 4.92. The molecule has 0 aromatic heterocycles. The van der Waals surface area contributed by atoms with Gasteiger partial charge in [-0.3, -0.25) is 10.1 Å². The third-order valence-corrected chi connectivity index (χ3v) is 2.49. The van der Waals surface area contributed by atoms with Crippen LogP contribution in [-0.2, 0) is 0 Å². The van der Waals surface area contributed by atoms with E-state index in [4.69, 9.17) is 5.73 Å². The maximum Gasteiger partial charge on any atom is 0.270 e. The molecule has 3 N–H and O–H groups in total.